The van der Waals surface area contributed by atoms with Crippen LogP contribution in [0, 0.1) is 13.8 Å². The highest BCUT2D eigenvalue weighted by Crippen LogP contribution is 2.29. The summed E-state index contributed by atoms with van der Waals surface area (Å²) >= 11 is 1.66. The van der Waals surface area contributed by atoms with Crippen LogP contribution in [-0.2, 0) is 4.74 Å². The van der Waals surface area contributed by atoms with Crippen LogP contribution in [0.3, 0.4) is 0 Å². The Balaban J connectivity index is 1.49. The summed E-state index contributed by atoms with van der Waals surface area (Å²) in [6.45, 7) is 10.1. The number of rotatable bonds is 4. The topological polar surface area (TPSA) is 63.2 Å². The first-order valence-corrected chi connectivity index (χ1v) is 10.3. The van der Waals surface area contributed by atoms with Gasteiger partial charge in [0.1, 0.15) is 0 Å². The van der Waals surface area contributed by atoms with Crippen LogP contribution < -0.4 is 10.2 Å². The minimum atomic E-state index is 0.247. The van der Waals surface area contributed by atoms with Crippen molar-refractivity contribution in [2.24, 2.45) is 0 Å². The van der Waals surface area contributed by atoms with Gasteiger partial charge in [0.05, 0.1) is 33.5 Å². The molecule has 2 unspecified atom stereocenters. The molecule has 1 saturated heterocycles. The number of hydrogen-bond donors (Lipinski definition) is 1. The van der Waals surface area contributed by atoms with Crippen molar-refractivity contribution in [2.75, 3.05) is 23.3 Å². The number of benzene rings is 1. The van der Waals surface area contributed by atoms with Crippen molar-refractivity contribution in [1.29, 1.82) is 0 Å². The Bertz CT molecular complexity index is 946. The van der Waals surface area contributed by atoms with Crippen molar-refractivity contribution >= 4 is 28.7 Å². The Kier molecular flexibility index (Phi) is 5.28. The predicted octanol–water partition coefficient (Wildman–Crippen LogP) is 4.57. The van der Waals surface area contributed by atoms with Crippen molar-refractivity contribution in [2.45, 2.75) is 39.9 Å². The third-order valence-corrected chi connectivity index (χ3v) is 5.80. The monoisotopic (exact) mass is 395 g/mol. The molecule has 0 amide bonds. The summed E-state index contributed by atoms with van der Waals surface area (Å²) in [4.78, 5) is 17.0. The van der Waals surface area contributed by atoms with Gasteiger partial charge in [-0.05, 0) is 58.0 Å². The number of thiazole rings is 1. The van der Waals surface area contributed by atoms with Crippen LogP contribution in [-0.4, -0.2) is 40.2 Å². The van der Waals surface area contributed by atoms with Gasteiger partial charge in [-0.3, -0.25) is 0 Å². The average Bonchev–Trinajstić information content (AvgIpc) is 3.00. The molecule has 2 atom stereocenters. The van der Waals surface area contributed by atoms with Crippen LogP contribution in [0.1, 0.15) is 24.5 Å². The second kappa shape index (κ2) is 7.85. The molecule has 0 aliphatic carbocycles. The van der Waals surface area contributed by atoms with Gasteiger partial charge < -0.3 is 15.0 Å². The maximum atomic E-state index is 5.82. The van der Waals surface area contributed by atoms with E-state index in [9.17, 15) is 0 Å². The van der Waals surface area contributed by atoms with Gasteiger partial charge in [-0.15, -0.1) is 11.3 Å². The first kappa shape index (κ1) is 18.8. The molecule has 3 heterocycles. The van der Waals surface area contributed by atoms with Gasteiger partial charge in [-0.25, -0.2) is 15.0 Å². The maximum Gasteiger partial charge on any atom is 0.227 e. The summed E-state index contributed by atoms with van der Waals surface area (Å²) < 4.78 is 5.82. The molecule has 1 fully saturated rings. The largest absolute Gasteiger partial charge is 0.372 e. The normalized spacial score (nSPS) is 19.6. The fourth-order valence-electron chi connectivity index (χ4n) is 3.59. The van der Waals surface area contributed by atoms with Gasteiger partial charge in [-0.1, -0.05) is 0 Å². The van der Waals surface area contributed by atoms with Crippen LogP contribution in [0.15, 0.2) is 36.5 Å². The highest BCUT2D eigenvalue weighted by atomic mass is 32.1. The Labute approximate surface area is 169 Å². The number of nitrogens with one attached hydrogen (secondary N) is 1. The zero-order valence-corrected chi connectivity index (χ0v) is 17.5. The van der Waals surface area contributed by atoms with Gasteiger partial charge in [0.25, 0.3) is 0 Å². The van der Waals surface area contributed by atoms with Crippen molar-refractivity contribution in [3.63, 3.8) is 0 Å². The summed E-state index contributed by atoms with van der Waals surface area (Å²) in [5.41, 5.74) is 4.07. The summed E-state index contributed by atoms with van der Waals surface area (Å²) in [6.07, 6.45) is 2.28. The molecule has 2 aromatic heterocycles. The lowest BCUT2D eigenvalue weighted by atomic mass is 10.2. The van der Waals surface area contributed by atoms with Crippen LogP contribution in [0.4, 0.5) is 17.3 Å². The highest BCUT2D eigenvalue weighted by Gasteiger charge is 2.22. The van der Waals surface area contributed by atoms with Gasteiger partial charge in [0.15, 0.2) is 0 Å². The molecule has 1 aliphatic rings. The third-order valence-electron chi connectivity index (χ3n) is 4.70. The van der Waals surface area contributed by atoms with Crippen molar-refractivity contribution in [3.8, 4) is 10.6 Å². The van der Waals surface area contributed by atoms with Gasteiger partial charge in [0, 0.05) is 30.7 Å². The molecular formula is C21H25N5OS. The van der Waals surface area contributed by atoms with Crippen molar-refractivity contribution in [3.05, 3.63) is 47.2 Å². The van der Waals surface area contributed by atoms with Gasteiger partial charge in [0.2, 0.25) is 5.95 Å². The molecule has 0 spiro atoms. The fraction of sp³-hybridized carbons (Fsp3) is 0.381. The number of hydrogen-bond acceptors (Lipinski definition) is 7. The van der Waals surface area contributed by atoms with E-state index in [1.54, 1.807) is 17.5 Å². The second-order valence-electron chi connectivity index (χ2n) is 7.25. The lowest BCUT2D eigenvalue weighted by molar-refractivity contribution is -0.00521. The molecule has 0 bridgehead atoms. The molecule has 4 rings (SSSR count). The standard InChI is InChI=1S/C21H25N5OS/c1-13-11-26(12-14(2)27-13)18-7-5-17(6-8-18)24-21-22-10-9-19(25-21)20-15(3)23-16(4)28-20/h5-10,13-14H,11-12H2,1-4H3,(H,22,24,25). The molecule has 0 saturated carbocycles. The van der Waals surface area contributed by atoms with E-state index >= 15 is 0 Å². The molecule has 1 aliphatic heterocycles. The van der Waals surface area contributed by atoms with Gasteiger partial charge >= 0.3 is 0 Å². The van der Waals surface area contributed by atoms with E-state index in [1.807, 2.05) is 19.9 Å². The number of anilines is 3. The maximum absolute atomic E-state index is 5.82. The molecule has 146 valence electrons. The predicted molar refractivity (Wildman–Crippen MR) is 115 cm³/mol. The van der Waals surface area contributed by atoms with E-state index in [1.165, 1.54) is 5.69 Å². The molecule has 28 heavy (non-hydrogen) atoms. The molecule has 0 radical (unpaired) electrons. The zero-order valence-electron chi connectivity index (χ0n) is 16.6. The summed E-state index contributed by atoms with van der Waals surface area (Å²) in [5, 5.41) is 4.35. The highest BCUT2D eigenvalue weighted by molar-refractivity contribution is 7.15. The average molecular weight is 396 g/mol. The van der Waals surface area contributed by atoms with E-state index < -0.39 is 0 Å². The second-order valence-corrected chi connectivity index (χ2v) is 8.45. The molecule has 1 N–H and O–H groups in total. The number of morpholine rings is 1. The van der Waals surface area contributed by atoms with Crippen molar-refractivity contribution in [1.82, 2.24) is 15.0 Å². The zero-order chi connectivity index (χ0) is 19.7. The van der Waals surface area contributed by atoms with Crippen LogP contribution in [0.2, 0.25) is 0 Å². The van der Waals surface area contributed by atoms with E-state index in [2.05, 4.69) is 63.3 Å². The number of nitrogens with zero attached hydrogens (tertiary/aromatic N) is 4. The summed E-state index contributed by atoms with van der Waals surface area (Å²) in [6, 6.07) is 10.3. The van der Waals surface area contributed by atoms with Gasteiger partial charge in [-0.2, -0.15) is 0 Å². The van der Waals surface area contributed by atoms with Crippen LogP contribution in [0.25, 0.3) is 10.6 Å². The van der Waals surface area contributed by atoms with E-state index in [0.29, 0.717) is 5.95 Å². The molecule has 1 aromatic carbocycles. The van der Waals surface area contributed by atoms with Crippen molar-refractivity contribution < 1.29 is 4.74 Å². The molecular weight excluding hydrogens is 370 g/mol. The van der Waals surface area contributed by atoms with Crippen LogP contribution in [0.5, 0.6) is 0 Å². The number of ether oxygens (including phenoxy) is 1. The van der Waals surface area contributed by atoms with E-state index in [4.69, 9.17) is 4.74 Å². The van der Waals surface area contributed by atoms with Crippen LogP contribution >= 0.6 is 11.3 Å². The van der Waals surface area contributed by atoms with E-state index in [0.717, 1.165) is 40.0 Å². The van der Waals surface area contributed by atoms with E-state index in [-0.39, 0.29) is 12.2 Å². The molecule has 6 nitrogen and oxygen atoms in total. The number of aryl methyl sites for hydroxylation is 2. The first-order chi connectivity index (χ1) is 13.5. The summed E-state index contributed by atoms with van der Waals surface area (Å²) in [5.74, 6) is 0.587. The smallest absolute Gasteiger partial charge is 0.227 e. The Morgan fingerprint density at radius 3 is 2.39 bits per heavy atom. The third kappa shape index (κ3) is 4.15. The molecule has 3 aromatic rings. The Morgan fingerprint density at radius 2 is 1.75 bits per heavy atom. The lowest BCUT2D eigenvalue weighted by Gasteiger charge is -2.36. The SMILES string of the molecule is Cc1nc(C)c(-c2ccnc(Nc3ccc(N4CC(C)OC(C)C4)cc3)n2)s1. The summed E-state index contributed by atoms with van der Waals surface area (Å²) in [7, 11) is 0. The minimum Gasteiger partial charge on any atom is -0.372 e. The number of aromatic nitrogens is 3. The first-order valence-electron chi connectivity index (χ1n) is 9.53. The molecule has 7 heteroatoms. The quantitative estimate of drug-likeness (QED) is 0.698. The Morgan fingerprint density at radius 1 is 1.04 bits per heavy atom. The Hall–Kier alpha value is -2.51. The fourth-order valence-corrected chi connectivity index (χ4v) is 4.48. The minimum absolute atomic E-state index is 0.247. The lowest BCUT2D eigenvalue weighted by Crippen LogP contribution is -2.45.